The number of halogens is 2. The first-order valence-electron chi connectivity index (χ1n) is 5.79. The summed E-state index contributed by atoms with van der Waals surface area (Å²) in [5, 5.41) is 0. The molecule has 1 saturated heterocycles. The Bertz CT molecular complexity index is 454. The Morgan fingerprint density at radius 2 is 2.28 bits per heavy atom. The number of rotatable bonds is 2. The summed E-state index contributed by atoms with van der Waals surface area (Å²) in [7, 11) is 1.30. The second-order valence-corrected chi connectivity index (χ2v) is 4.19. The van der Waals surface area contributed by atoms with Crippen LogP contribution in [0.15, 0.2) is 12.3 Å². The molecule has 0 bridgehead atoms. The molecule has 4 nitrogen and oxygen atoms in total. The number of carbonyl (C=O) groups is 1. The maximum absolute atomic E-state index is 13.7. The van der Waals surface area contributed by atoms with Gasteiger partial charge in [-0.1, -0.05) is 0 Å². The van der Waals surface area contributed by atoms with E-state index in [1.165, 1.54) is 7.11 Å². The first-order valence-corrected chi connectivity index (χ1v) is 5.79. The molecule has 1 fully saturated rings. The lowest BCUT2D eigenvalue weighted by Crippen LogP contribution is -2.46. The molecule has 1 aliphatic heterocycles. The standard InChI is InChI=1S/C12H14F2N2O2/c1-18-12(17)10-4-2-3-5-16(10)11-9(14)6-8(13)7-15-11/h6-7,10H,2-5H2,1H3. The van der Waals surface area contributed by atoms with Crippen molar-refractivity contribution in [2.24, 2.45) is 0 Å². The van der Waals surface area contributed by atoms with E-state index in [0.717, 1.165) is 25.1 Å². The monoisotopic (exact) mass is 256 g/mol. The van der Waals surface area contributed by atoms with E-state index in [0.29, 0.717) is 13.0 Å². The molecule has 2 heterocycles. The zero-order chi connectivity index (χ0) is 13.1. The molecule has 0 radical (unpaired) electrons. The lowest BCUT2D eigenvalue weighted by atomic mass is 10.0. The Morgan fingerprint density at radius 1 is 1.50 bits per heavy atom. The minimum Gasteiger partial charge on any atom is -0.467 e. The Kier molecular flexibility index (Phi) is 3.74. The molecule has 0 amide bonds. The third-order valence-electron chi connectivity index (χ3n) is 3.04. The average molecular weight is 256 g/mol. The highest BCUT2D eigenvalue weighted by Gasteiger charge is 2.31. The number of ether oxygens (including phenoxy) is 1. The lowest BCUT2D eigenvalue weighted by Gasteiger charge is -2.34. The first-order chi connectivity index (χ1) is 8.63. The summed E-state index contributed by atoms with van der Waals surface area (Å²) in [6.45, 7) is 0.509. The SMILES string of the molecule is COC(=O)C1CCCCN1c1ncc(F)cc1F. The number of carbonyl (C=O) groups excluding carboxylic acids is 1. The van der Waals surface area contributed by atoms with Crippen molar-refractivity contribution in [1.82, 2.24) is 4.98 Å². The molecular weight excluding hydrogens is 242 g/mol. The van der Waals surface area contributed by atoms with Gasteiger partial charge in [0.2, 0.25) is 0 Å². The van der Waals surface area contributed by atoms with Gasteiger partial charge in [0, 0.05) is 12.6 Å². The van der Waals surface area contributed by atoms with E-state index in [-0.39, 0.29) is 5.82 Å². The number of piperidine rings is 1. The van der Waals surface area contributed by atoms with E-state index in [1.807, 2.05) is 0 Å². The van der Waals surface area contributed by atoms with Crippen LogP contribution >= 0.6 is 0 Å². The van der Waals surface area contributed by atoms with Crippen LogP contribution in [0.1, 0.15) is 19.3 Å². The van der Waals surface area contributed by atoms with E-state index in [4.69, 9.17) is 4.74 Å². The van der Waals surface area contributed by atoms with Crippen LogP contribution in [0, 0.1) is 11.6 Å². The second kappa shape index (κ2) is 5.29. The summed E-state index contributed by atoms with van der Waals surface area (Å²) in [5.74, 6) is -1.90. The predicted molar refractivity (Wildman–Crippen MR) is 61.2 cm³/mol. The van der Waals surface area contributed by atoms with Gasteiger partial charge >= 0.3 is 5.97 Å². The number of nitrogens with zero attached hydrogens (tertiary/aromatic N) is 2. The maximum atomic E-state index is 13.7. The third kappa shape index (κ3) is 2.42. The maximum Gasteiger partial charge on any atom is 0.328 e. The molecular formula is C12H14F2N2O2. The molecule has 1 unspecified atom stereocenters. The summed E-state index contributed by atoms with van der Waals surface area (Å²) >= 11 is 0. The van der Waals surface area contributed by atoms with Crippen molar-refractivity contribution in [1.29, 1.82) is 0 Å². The number of methoxy groups -OCH3 is 1. The summed E-state index contributed by atoms with van der Waals surface area (Å²) < 4.78 is 31.2. The van der Waals surface area contributed by atoms with E-state index in [9.17, 15) is 13.6 Å². The first kappa shape index (κ1) is 12.7. The zero-order valence-corrected chi connectivity index (χ0v) is 10.0. The normalized spacial score (nSPS) is 19.7. The largest absolute Gasteiger partial charge is 0.467 e. The predicted octanol–water partition coefficient (Wildman–Crippen LogP) is 1.89. The quantitative estimate of drug-likeness (QED) is 0.758. The summed E-state index contributed by atoms with van der Waals surface area (Å²) in [4.78, 5) is 16.9. The molecule has 18 heavy (non-hydrogen) atoms. The van der Waals surface area contributed by atoms with Gasteiger partial charge in [-0.2, -0.15) is 0 Å². The van der Waals surface area contributed by atoms with Crippen LogP contribution in [0.4, 0.5) is 14.6 Å². The Hall–Kier alpha value is -1.72. The molecule has 0 N–H and O–H groups in total. The number of esters is 1. The van der Waals surface area contributed by atoms with Crippen molar-refractivity contribution >= 4 is 11.8 Å². The Labute approximate surface area is 104 Å². The van der Waals surface area contributed by atoms with E-state index in [1.54, 1.807) is 4.90 Å². The number of hydrogen-bond acceptors (Lipinski definition) is 4. The number of pyridine rings is 1. The van der Waals surface area contributed by atoms with Crippen LogP contribution in [0.5, 0.6) is 0 Å². The highest BCUT2D eigenvalue weighted by Crippen LogP contribution is 2.26. The second-order valence-electron chi connectivity index (χ2n) is 4.19. The van der Waals surface area contributed by atoms with Gasteiger partial charge in [-0.15, -0.1) is 0 Å². The Balaban J connectivity index is 2.30. The van der Waals surface area contributed by atoms with Crippen LogP contribution < -0.4 is 4.90 Å². The van der Waals surface area contributed by atoms with Crippen LogP contribution in [-0.2, 0) is 9.53 Å². The molecule has 0 saturated carbocycles. The molecule has 6 heteroatoms. The molecule has 0 aliphatic carbocycles. The fourth-order valence-corrected chi connectivity index (χ4v) is 2.18. The highest BCUT2D eigenvalue weighted by atomic mass is 19.1. The Morgan fingerprint density at radius 3 is 2.94 bits per heavy atom. The van der Waals surface area contributed by atoms with Gasteiger partial charge in [0.15, 0.2) is 11.6 Å². The number of aromatic nitrogens is 1. The molecule has 1 aromatic rings. The molecule has 1 aliphatic rings. The van der Waals surface area contributed by atoms with Gasteiger partial charge in [0.25, 0.3) is 0 Å². The van der Waals surface area contributed by atoms with Crippen molar-refractivity contribution in [3.63, 3.8) is 0 Å². The minimum atomic E-state index is -0.759. The molecule has 0 spiro atoms. The molecule has 98 valence electrons. The molecule has 2 rings (SSSR count). The van der Waals surface area contributed by atoms with Crippen LogP contribution in [0.25, 0.3) is 0 Å². The van der Waals surface area contributed by atoms with Gasteiger partial charge in [-0.3, -0.25) is 0 Å². The van der Waals surface area contributed by atoms with E-state index < -0.39 is 23.6 Å². The minimum absolute atomic E-state index is 0.00602. The van der Waals surface area contributed by atoms with Crippen molar-refractivity contribution in [3.8, 4) is 0 Å². The fourth-order valence-electron chi connectivity index (χ4n) is 2.18. The average Bonchev–Trinajstić information content (AvgIpc) is 2.38. The van der Waals surface area contributed by atoms with Gasteiger partial charge in [-0.25, -0.2) is 18.6 Å². The van der Waals surface area contributed by atoms with Crippen molar-refractivity contribution in [3.05, 3.63) is 23.9 Å². The van der Waals surface area contributed by atoms with Gasteiger partial charge < -0.3 is 9.64 Å². The van der Waals surface area contributed by atoms with Crippen LogP contribution in [0.3, 0.4) is 0 Å². The molecule has 1 aromatic heterocycles. The van der Waals surface area contributed by atoms with Gasteiger partial charge in [0.1, 0.15) is 11.9 Å². The molecule has 1 atom stereocenters. The van der Waals surface area contributed by atoms with Crippen LogP contribution in [0.2, 0.25) is 0 Å². The highest BCUT2D eigenvalue weighted by molar-refractivity contribution is 5.79. The summed E-state index contributed by atoms with van der Waals surface area (Å²) in [5.41, 5.74) is 0. The van der Waals surface area contributed by atoms with Gasteiger partial charge in [-0.05, 0) is 19.3 Å². The number of hydrogen-bond donors (Lipinski definition) is 0. The fraction of sp³-hybridized carbons (Fsp3) is 0.500. The van der Waals surface area contributed by atoms with E-state index in [2.05, 4.69) is 4.98 Å². The number of anilines is 1. The smallest absolute Gasteiger partial charge is 0.328 e. The van der Waals surface area contributed by atoms with Crippen molar-refractivity contribution in [2.75, 3.05) is 18.6 Å². The lowest BCUT2D eigenvalue weighted by molar-refractivity contribution is -0.142. The van der Waals surface area contributed by atoms with Crippen LogP contribution in [-0.4, -0.2) is 30.6 Å². The summed E-state index contributed by atoms with van der Waals surface area (Å²) in [6, 6.07) is 0.224. The third-order valence-corrected chi connectivity index (χ3v) is 3.04. The van der Waals surface area contributed by atoms with Crippen molar-refractivity contribution < 1.29 is 18.3 Å². The van der Waals surface area contributed by atoms with E-state index >= 15 is 0 Å². The van der Waals surface area contributed by atoms with Gasteiger partial charge in [0.05, 0.1) is 13.3 Å². The summed E-state index contributed by atoms with van der Waals surface area (Å²) in [6.07, 6.45) is 3.25. The topological polar surface area (TPSA) is 42.4 Å². The van der Waals surface area contributed by atoms with Crippen molar-refractivity contribution in [2.45, 2.75) is 25.3 Å². The molecule has 0 aromatic carbocycles. The zero-order valence-electron chi connectivity index (χ0n) is 10.0.